The number of aryl methyl sites for hydroxylation is 2. The van der Waals surface area contributed by atoms with E-state index in [0.717, 1.165) is 59.8 Å². The van der Waals surface area contributed by atoms with Crippen LogP contribution in [0, 0.1) is 13.8 Å². The zero-order chi connectivity index (χ0) is 18.8. The van der Waals surface area contributed by atoms with Gasteiger partial charge in [-0.3, -0.25) is 9.78 Å². The van der Waals surface area contributed by atoms with Crippen molar-refractivity contribution in [2.24, 2.45) is 0 Å². The predicted molar refractivity (Wildman–Crippen MR) is 109 cm³/mol. The number of hydrogen-bond donors (Lipinski definition) is 1. The van der Waals surface area contributed by atoms with Gasteiger partial charge in [0.05, 0.1) is 24.3 Å². The Morgan fingerprint density at radius 2 is 1.78 bits per heavy atom. The number of fused-ring (bicyclic) bond motifs is 1. The van der Waals surface area contributed by atoms with Crippen molar-refractivity contribution in [1.82, 2.24) is 4.98 Å². The summed E-state index contributed by atoms with van der Waals surface area (Å²) in [5.41, 5.74) is 5.37. The van der Waals surface area contributed by atoms with Crippen LogP contribution in [-0.4, -0.2) is 37.2 Å². The number of pyridine rings is 1. The molecule has 2 aromatic carbocycles. The van der Waals surface area contributed by atoms with Gasteiger partial charge in [0.2, 0.25) is 0 Å². The summed E-state index contributed by atoms with van der Waals surface area (Å²) in [7, 11) is 0. The minimum absolute atomic E-state index is 0.116. The van der Waals surface area contributed by atoms with E-state index in [1.54, 1.807) is 0 Å². The van der Waals surface area contributed by atoms with Crippen LogP contribution in [0.15, 0.2) is 48.5 Å². The maximum absolute atomic E-state index is 12.9. The molecule has 0 saturated carbocycles. The summed E-state index contributed by atoms with van der Waals surface area (Å²) in [6, 6.07) is 15.8. The topological polar surface area (TPSA) is 54.5 Å². The van der Waals surface area contributed by atoms with Gasteiger partial charge in [-0.25, -0.2) is 0 Å². The summed E-state index contributed by atoms with van der Waals surface area (Å²) in [5, 5.41) is 3.90. The lowest BCUT2D eigenvalue weighted by molar-refractivity contribution is 0.102. The third-order valence-electron chi connectivity index (χ3n) is 4.84. The lowest BCUT2D eigenvalue weighted by Crippen LogP contribution is -2.36. The first-order chi connectivity index (χ1) is 13.1. The van der Waals surface area contributed by atoms with E-state index in [-0.39, 0.29) is 5.91 Å². The molecule has 1 N–H and O–H groups in total. The molecular weight excluding hydrogens is 338 g/mol. The van der Waals surface area contributed by atoms with E-state index in [0.29, 0.717) is 5.56 Å². The molecule has 138 valence electrons. The zero-order valence-corrected chi connectivity index (χ0v) is 15.7. The molecule has 0 bridgehead atoms. The third-order valence-corrected chi connectivity index (χ3v) is 4.84. The second kappa shape index (κ2) is 7.37. The number of ether oxygens (including phenoxy) is 1. The quantitative estimate of drug-likeness (QED) is 0.768. The summed E-state index contributed by atoms with van der Waals surface area (Å²) >= 11 is 0. The highest BCUT2D eigenvalue weighted by Gasteiger charge is 2.14. The molecule has 5 heteroatoms. The van der Waals surface area contributed by atoms with Gasteiger partial charge in [-0.2, -0.15) is 0 Å². The number of carbonyl (C=O) groups is 1. The summed E-state index contributed by atoms with van der Waals surface area (Å²) in [5.74, 6) is -0.116. The molecule has 1 fully saturated rings. The van der Waals surface area contributed by atoms with Crippen molar-refractivity contribution < 1.29 is 9.53 Å². The van der Waals surface area contributed by atoms with Gasteiger partial charge in [0.15, 0.2) is 0 Å². The maximum atomic E-state index is 12.9. The van der Waals surface area contributed by atoms with Crippen molar-refractivity contribution >= 4 is 28.2 Å². The standard InChI is InChI=1S/C22H23N3O2/c1-15-3-8-21-19(13-15)20(14-16(2)23-21)22(26)24-17-4-6-18(7-5-17)25-9-11-27-12-10-25/h3-8,13-14H,9-12H2,1-2H3,(H,24,26). The molecule has 4 rings (SSSR count). The Hall–Kier alpha value is -2.92. The first kappa shape index (κ1) is 17.5. The molecule has 2 heterocycles. The molecule has 0 atom stereocenters. The molecule has 3 aromatic rings. The maximum Gasteiger partial charge on any atom is 0.256 e. The Balaban J connectivity index is 1.57. The molecule has 1 aromatic heterocycles. The van der Waals surface area contributed by atoms with Crippen molar-refractivity contribution in [3.05, 3.63) is 65.4 Å². The van der Waals surface area contributed by atoms with Gasteiger partial charge in [0.25, 0.3) is 5.91 Å². The molecule has 1 amide bonds. The zero-order valence-electron chi connectivity index (χ0n) is 15.7. The van der Waals surface area contributed by atoms with Crippen LogP contribution in [0.3, 0.4) is 0 Å². The van der Waals surface area contributed by atoms with Crippen LogP contribution in [0.4, 0.5) is 11.4 Å². The van der Waals surface area contributed by atoms with E-state index in [4.69, 9.17) is 4.74 Å². The Kier molecular flexibility index (Phi) is 4.77. The second-order valence-electron chi connectivity index (χ2n) is 6.93. The van der Waals surface area contributed by atoms with E-state index < -0.39 is 0 Å². The molecule has 0 aliphatic carbocycles. The van der Waals surface area contributed by atoms with Crippen LogP contribution in [-0.2, 0) is 4.74 Å². The predicted octanol–water partition coefficient (Wildman–Crippen LogP) is 3.94. The molecule has 0 unspecified atom stereocenters. The number of hydrogen-bond acceptors (Lipinski definition) is 4. The van der Waals surface area contributed by atoms with Gasteiger partial charge in [-0.15, -0.1) is 0 Å². The number of aromatic nitrogens is 1. The summed E-state index contributed by atoms with van der Waals surface area (Å²) in [6.45, 7) is 7.23. The lowest BCUT2D eigenvalue weighted by Gasteiger charge is -2.28. The largest absolute Gasteiger partial charge is 0.378 e. The normalized spacial score (nSPS) is 14.4. The van der Waals surface area contributed by atoms with Crippen LogP contribution in [0.25, 0.3) is 10.9 Å². The Morgan fingerprint density at radius 3 is 2.52 bits per heavy atom. The van der Waals surface area contributed by atoms with E-state index in [9.17, 15) is 4.79 Å². The smallest absolute Gasteiger partial charge is 0.256 e. The van der Waals surface area contributed by atoms with Gasteiger partial charge in [0.1, 0.15) is 0 Å². The van der Waals surface area contributed by atoms with Gasteiger partial charge in [0, 0.05) is 35.5 Å². The Labute approximate surface area is 159 Å². The average molecular weight is 361 g/mol. The highest BCUT2D eigenvalue weighted by molar-refractivity contribution is 6.12. The van der Waals surface area contributed by atoms with Gasteiger partial charge in [-0.1, -0.05) is 11.6 Å². The van der Waals surface area contributed by atoms with Crippen LogP contribution < -0.4 is 10.2 Å². The van der Waals surface area contributed by atoms with E-state index in [1.807, 2.05) is 62.4 Å². The van der Waals surface area contributed by atoms with Gasteiger partial charge >= 0.3 is 0 Å². The van der Waals surface area contributed by atoms with Crippen molar-refractivity contribution in [1.29, 1.82) is 0 Å². The number of nitrogens with one attached hydrogen (secondary N) is 1. The van der Waals surface area contributed by atoms with Crippen LogP contribution in [0.2, 0.25) is 0 Å². The fraction of sp³-hybridized carbons (Fsp3) is 0.273. The number of nitrogens with zero attached hydrogens (tertiary/aromatic N) is 2. The van der Waals surface area contributed by atoms with Crippen LogP contribution in [0.1, 0.15) is 21.6 Å². The second-order valence-corrected chi connectivity index (χ2v) is 6.93. The van der Waals surface area contributed by atoms with Crippen LogP contribution in [0.5, 0.6) is 0 Å². The monoisotopic (exact) mass is 361 g/mol. The van der Waals surface area contributed by atoms with Crippen molar-refractivity contribution in [2.75, 3.05) is 36.5 Å². The molecule has 5 nitrogen and oxygen atoms in total. The number of rotatable bonds is 3. The first-order valence-corrected chi connectivity index (χ1v) is 9.22. The number of carbonyl (C=O) groups excluding carboxylic acids is 1. The molecular formula is C22H23N3O2. The summed E-state index contributed by atoms with van der Waals surface area (Å²) in [6.07, 6.45) is 0. The molecule has 1 aliphatic rings. The Morgan fingerprint density at radius 1 is 1.04 bits per heavy atom. The minimum atomic E-state index is -0.116. The number of benzene rings is 2. The van der Waals surface area contributed by atoms with E-state index in [1.165, 1.54) is 0 Å². The summed E-state index contributed by atoms with van der Waals surface area (Å²) < 4.78 is 5.40. The van der Waals surface area contributed by atoms with E-state index >= 15 is 0 Å². The SMILES string of the molecule is Cc1ccc2nc(C)cc(C(=O)Nc3ccc(N4CCOCC4)cc3)c2c1. The van der Waals surface area contributed by atoms with Crippen molar-refractivity contribution in [3.8, 4) is 0 Å². The number of anilines is 2. The fourth-order valence-corrected chi connectivity index (χ4v) is 3.44. The highest BCUT2D eigenvalue weighted by atomic mass is 16.5. The van der Waals surface area contributed by atoms with Crippen molar-refractivity contribution in [3.63, 3.8) is 0 Å². The molecule has 0 radical (unpaired) electrons. The third kappa shape index (κ3) is 3.78. The van der Waals surface area contributed by atoms with Gasteiger partial charge < -0.3 is 15.0 Å². The fourth-order valence-electron chi connectivity index (χ4n) is 3.44. The minimum Gasteiger partial charge on any atom is -0.378 e. The molecule has 27 heavy (non-hydrogen) atoms. The van der Waals surface area contributed by atoms with Crippen LogP contribution >= 0.6 is 0 Å². The molecule has 1 aliphatic heterocycles. The Bertz CT molecular complexity index is 977. The average Bonchev–Trinajstić information content (AvgIpc) is 2.69. The molecule has 1 saturated heterocycles. The summed E-state index contributed by atoms with van der Waals surface area (Å²) in [4.78, 5) is 19.7. The molecule has 0 spiro atoms. The van der Waals surface area contributed by atoms with Gasteiger partial charge in [-0.05, 0) is 56.3 Å². The van der Waals surface area contributed by atoms with Crippen molar-refractivity contribution in [2.45, 2.75) is 13.8 Å². The number of amides is 1. The van der Waals surface area contributed by atoms with E-state index in [2.05, 4.69) is 15.2 Å². The first-order valence-electron chi connectivity index (χ1n) is 9.22. The lowest BCUT2D eigenvalue weighted by atomic mass is 10.0. The highest BCUT2D eigenvalue weighted by Crippen LogP contribution is 2.23. The number of morpholine rings is 1.